The van der Waals surface area contributed by atoms with Crippen LogP contribution in [-0.4, -0.2) is 33.1 Å². The number of nitrogens with one attached hydrogen (secondary N) is 3. The maximum absolute atomic E-state index is 6.43. The molecule has 0 aromatic carbocycles. The van der Waals surface area contributed by atoms with Crippen LogP contribution in [0.3, 0.4) is 0 Å². The summed E-state index contributed by atoms with van der Waals surface area (Å²) in [5.41, 5.74) is 7.24. The lowest BCUT2D eigenvalue weighted by Gasteiger charge is -2.46. The van der Waals surface area contributed by atoms with Gasteiger partial charge in [0.15, 0.2) is 11.6 Å². The van der Waals surface area contributed by atoms with Crippen LogP contribution in [0.25, 0.3) is 0 Å². The smallest absolute Gasteiger partial charge is 0.155 e. The first kappa shape index (κ1) is 19.2. The number of hydrogen-bond acceptors (Lipinski definition) is 6. The highest BCUT2D eigenvalue weighted by molar-refractivity contribution is 5.74. The summed E-state index contributed by atoms with van der Waals surface area (Å²) in [6.07, 6.45) is 11.3. The number of aromatic nitrogens is 2. The molecule has 0 amide bonds. The van der Waals surface area contributed by atoms with E-state index in [0.29, 0.717) is 17.8 Å². The zero-order chi connectivity index (χ0) is 18.8. The number of nitrogens with two attached hydrogens (primary N) is 1. The summed E-state index contributed by atoms with van der Waals surface area (Å²) >= 11 is 0. The molecule has 6 heteroatoms. The lowest BCUT2D eigenvalue weighted by Crippen LogP contribution is -2.60. The maximum Gasteiger partial charge on any atom is 0.155 e. The summed E-state index contributed by atoms with van der Waals surface area (Å²) in [7, 11) is 0. The van der Waals surface area contributed by atoms with Gasteiger partial charge in [-0.2, -0.15) is 0 Å². The van der Waals surface area contributed by atoms with E-state index in [9.17, 15) is 0 Å². The van der Waals surface area contributed by atoms with Gasteiger partial charge in [0.1, 0.15) is 12.0 Å². The van der Waals surface area contributed by atoms with E-state index < -0.39 is 0 Å². The van der Waals surface area contributed by atoms with Gasteiger partial charge < -0.3 is 21.7 Å². The van der Waals surface area contributed by atoms with Crippen molar-refractivity contribution in [1.29, 1.82) is 0 Å². The van der Waals surface area contributed by atoms with Crippen molar-refractivity contribution in [2.24, 2.45) is 0 Å². The molecular formula is C20H36N6. The zero-order valence-electron chi connectivity index (χ0n) is 16.9. The first-order valence-electron chi connectivity index (χ1n) is 10.2. The Hall–Kier alpha value is -1.56. The Labute approximate surface area is 158 Å². The molecule has 2 fully saturated rings. The van der Waals surface area contributed by atoms with E-state index in [1.807, 2.05) is 0 Å². The molecule has 1 aromatic rings. The summed E-state index contributed by atoms with van der Waals surface area (Å²) in [6, 6.07) is 0.809. The molecule has 1 aliphatic carbocycles. The standard InChI is InChI=1S/C20H36N6/c1-19(2)11-15(12-20(3,4)26-19)25-18-16(21)17(22-13-23-18)24-14-9-7-5-6-8-10-14/h13-15,26H,5-12,21H2,1-4H3,(H2,22,23,24,25). The van der Waals surface area contributed by atoms with E-state index in [1.54, 1.807) is 6.33 Å². The molecule has 1 aliphatic heterocycles. The fraction of sp³-hybridized carbons (Fsp3) is 0.800. The van der Waals surface area contributed by atoms with Crippen LogP contribution in [0.4, 0.5) is 17.3 Å². The van der Waals surface area contributed by atoms with Crippen LogP contribution in [0.15, 0.2) is 6.33 Å². The average Bonchev–Trinajstić information content (AvgIpc) is 2.77. The molecule has 0 bridgehead atoms. The van der Waals surface area contributed by atoms with Gasteiger partial charge in [0.05, 0.1) is 0 Å². The summed E-state index contributed by atoms with van der Waals surface area (Å²) in [5.74, 6) is 1.54. The molecule has 1 saturated heterocycles. The van der Waals surface area contributed by atoms with Crippen LogP contribution < -0.4 is 21.7 Å². The Bertz CT molecular complexity index is 588. The molecule has 0 radical (unpaired) electrons. The molecule has 26 heavy (non-hydrogen) atoms. The van der Waals surface area contributed by atoms with Crippen molar-refractivity contribution in [2.45, 2.75) is 102 Å². The van der Waals surface area contributed by atoms with Crippen molar-refractivity contribution < 1.29 is 0 Å². The molecule has 5 N–H and O–H groups in total. The minimum Gasteiger partial charge on any atom is -0.393 e. The van der Waals surface area contributed by atoms with Crippen LogP contribution in [-0.2, 0) is 0 Å². The summed E-state index contributed by atoms with van der Waals surface area (Å²) in [6.45, 7) is 9.02. The molecule has 1 saturated carbocycles. The fourth-order valence-electron chi connectivity index (χ4n) is 4.86. The first-order valence-corrected chi connectivity index (χ1v) is 10.2. The number of rotatable bonds is 4. The summed E-state index contributed by atoms with van der Waals surface area (Å²) < 4.78 is 0. The van der Waals surface area contributed by atoms with Crippen molar-refractivity contribution in [3.8, 4) is 0 Å². The van der Waals surface area contributed by atoms with Gasteiger partial charge in [-0.1, -0.05) is 25.7 Å². The van der Waals surface area contributed by atoms with Crippen LogP contribution in [0.1, 0.15) is 79.1 Å². The number of nitrogen functional groups attached to an aromatic ring is 1. The molecule has 3 rings (SSSR count). The van der Waals surface area contributed by atoms with Gasteiger partial charge in [0, 0.05) is 23.2 Å². The van der Waals surface area contributed by atoms with Crippen molar-refractivity contribution in [1.82, 2.24) is 15.3 Å². The lowest BCUT2D eigenvalue weighted by atomic mass is 9.79. The minimum atomic E-state index is 0.0859. The highest BCUT2D eigenvalue weighted by Gasteiger charge is 2.38. The molecule has 146 valence electrons. The van der Waals surface area contributed by atoms with Crippen molar-refractivity contribution in [3.05, 3.63) is 6.33 Å². The molecule has 2 aliphatic rings. The second-order valence-corrected chi connectivity index (χ2v) is 9.46. The lowest BCUT2D eigenvalue weighted by molar-refractivity contribution is 0.170. The van der Waals surface area contributed by atoms with Gasteiger partial charge in [-0.3, -0.25) is 0 Å². The van der Waals surface area contributed by atoms with Gasteiger partial charge in [0.25, 0.3) is 0 Å². The minimum absolute atomic E-state index is 0.0859. The quantitative estimate of drug-likeness (QED) is 0.609. The monoisotopic (exact) mass is 360 g/mol. The zero-order valence-corrected chi connectivity index (χ0v) is 16.9. The molecular weight excluding hydrogens is 324 g/mol. The molecule has 1 aromatic heterocycles. The number of nitrogens with zero attached hydrogens (tertiary/aromatic N) is 2. The Morgan fingerprint density at radius 1 is 0.885 bits per heavy atom. The van der Waals surface area contributed by atoms with Crippen LogP contribution in [0.2, 0.25) is 0 Å². The Balaban J connectivity index is 1.70. The molecule has 2 heterocycles. The largest absolute Gasteiger partial charge is 0.393 e. The molecule has 0 spiro atoms. The topological polar surface area (TPSA) is 87.9 Å². The number of piperidine rings is 1. The van der Waals surface area contributed by atoms with Gasteiger partial charge >= 0.3 is 0 Å². The predicted octanol–water partition coefficient (Wildman–Crippen LogP) is 3.91. The van der Waals surface area contributed by atoms with Crippen LogP contribution >= 0.6 is 0 Å². The highest BCUT2D eigenvalue weighted by atomic mass is 15.1. The van der Waals surface area contributed by atoms with Gasteiger partial charge in [-0.25, -0.2) is 9.97 Å². The normalized spacial score (nSPS) is 24.0. The third-order valence-corrected chi connectivity index (χ3v) is 5.61. The van der Waals surface area contributed by atoms with Crippen molar-refractivity contribution >= 4 is 17.3 Å². The second kappa shape index (κ2) is 7.59. The highest BCUT2D eigenvalue weighted by Crippen LogP contribution is 2.32. The third-order valence-electron chi connectivity index (χ3n) is 5.61. The van der Waals surface area contributed by atoms with Gasteiger partial charge in [-0.15, -0.1) is 0 Å². The Morgan fingerprint density at radius 2 is 1.38 bits per heavy atom. The Kier molecular flexibility index (Phi) is 5.61. The maximum atomic E-state index is 6.43. The van der Waals surface area contributed by atoms with E-state index in [-0.39, 0.29) is 11.1 Å². The van der Waals surface area contributed by atoms with E-state index >= 15 is 0 Å². The molecule has 0 atom stereocenters. The fourth-order valence-corrected chi connectivity index (χ4v) is 4.86. The third kappa shape index (κ3) is 5.00. The van der Waals surface area contributed by atoms with Gasteiger partial charge in [0.2, 0.25) is 0 Å². The average molecular weight is 361 g/mol. The van der Waals surface area contributed by atoms with E-state index in [4.69, 9.17) is 5.73 Å². The summed E-state index contributed by atoms with van der Waals surface area (Å²) in [4.78, 5) is 8.85. The second-order valence-electron chi connectivity index (χ2n) is 9.46. The predicted molar refractivity (Wildman–Crippen MR) is 109 cm³/mol. The van der Waals surface area contributed by atoms with E-state index in [2.05, 4.69) is 53.6 Å². The molecule has 6 nitrogen and oxygen atoms in total. The summed E-state index contributed by atoms with van der Waals surface area (Å²) in [5, 5.41) is 10.9. The van der Waals surface area contributed by atoms with Crippen LogP contribution in [0, 0.1) is 0 Å². The Morgan fingerprint density at radius 3 is 1.92 bits per heavy atom. The van der Waals surface area contributed by atoms with Gasteiger partial charge in [-0.05, 0) is 53.4 Å². The van der Waals surface area contributed by atoms with E-state index in [0.717, 1.165) is 24.5 Å². The van der Waals surface area contributed by atoms with E-state index in [1.165, 1.54) is 38.5 Å². The number of hydrogen-bond donors (Lipinski definition) is 4. The molecule has 0 unspecified atom stereocenters. The van der Waals surface area contributed by atoms with Crippen LogP contribution in [0.5, 0.6) is 0 Å². The first-order chi connectivity index (χ1) is 12.2. The number of anilines is 3. The van der Waals surface area contributed by atoms with Crippen molar-refractivity contribution in [2.75, 3.05) is 16.4 Å². The van der Waals surface area contributed by atoms with Crippen molar-refractivity contribution in [3.63, 3.8) is 0 Å². The SMILES string of the molecule is CC1(C)CC(Nc2ncnc(NC3CCCCCC3)c2N)CC(C)(C)N1.